The monoisotopic (exact) mass is 334 g/mol. The number of anilines is 2. The predicted molar refractivity (Wildman–Crippen MR) is 89.2 cm³/mol. The SMILES string of the molecule is Cc1cccc(Nc2ccc(C(N)=S)c(Br)c2)c1C. The van der Waals surface area contributed by atoms with Gasteiger partial charge in [-0.1, -0.05) is 24.4 Å². The molecule has 3 N–H and O–H groups in total. The Morgan fingerprint density at radius 1 is 1.21 bits per heavy atom. The number of nitrogens with two attached hydrogens (primary N) is 1. The van der Waals surface area contributed by atoms with Crippen molar-refractivity contribution < 1.29 is 0 Å². The van der Waals surface area contributed by atoms with Crippen LogP contribution in [-0.2, 0) is 0 Å². The van der Waals surface area contributed by atoms with E-state index in [0.29, 0.717) is 4.99 Å². The number of aryl methyl sites for hydroxylation is 1. The lowest BCUT2D eigenvalue weighted by Crippen LogP contribution is -2.10. The van der Waals surface area contributed by atoms with Crippen molar-refractivity contribution in [1.82, 2.24) is 0 Å². The molecule has 0 heterocycles. The summed E-state index contributed by atoms with van der Waals surface area (Å²) in [7, 11) is 0. The molecule has 98 valence electrons. The van der Waals surface area contributed by atoms with Gasteiger partial charge in [-0.3, -0.25) is 0 Å². The zero-order valence-electron chi connectivity index (χ0n) is 10.8. The van der Waals surface area contributed by atoms with Crippen LogP contribution in [0.15, 0.2) is 40.9 Å². The molecule has 0 aliphatic rings. The Hall–Kier alpha value is -1.39. The maximum Gasteiger partial charge on any atom is 0.105 e. The molecule has 0 radical (unpaired) electrons. The van der Waals surface area contributed by atoms with Gasteiger partial charge in [-0.25, -0.2) is 0 Å². The van der Waals surface area contributed by atoms with Crippen molar-refractivity contribution in [2.45, 2.75) is 13.8 Å². The van der Waals surface area contributed by atoms with Gasteiger partial charge < -0.3 is 11.1 Å². The summed E-state index contributed by atoms with van der Waals surface area (Å²) >= 11 is 8.47. The van der Waals surface area contributed by atoms with E-state index in [0.717, 1.165) is 21.4 Å². The summed E-state index contributed by atoms with van der Waals surface area (Å²) in [5, 5.41) is 3.41. The van der Waals surface area contributed by atoms with Gasteiger partial charge in [0.15, 0.2) is 0 Å². The Balaban J connectivity index is 2.32. The van der Waals surface area contributed by atoms with Crippen LogP contribution >= 0.6 is 28.1 Å². The van der Waals surface area contributed by atoms with Crippen LogP contribution in [0.2, 0.25) is 0 Å². The van der Waals surface area contributed by atoms with Gasteiger partial charge in [0.05, 0.1) is 0 Å². The third-order valence-electron chi connectivity index (χ3n) is 3.12. The second-order valence-electron chi connectivity index (χ2n) is 4.43. The number of rotatable bonds is 3. The van der Waals surface area contributed by atoms with Crippen LogP contribution in [0.25, 0.3) is 0 Å². The summed E-state index contributed by atoms with van der Waals surface area (Å²) in [6.07, 6.45) is 0. The second kappa shape index (κ2) is 5.72. The fourth-order valence-electron chi connectivity index (χ4n) is 1.83. The highest BCUT2D eigenvalue weighted by Crippen LogP contribution is 2.26. The zero-order chi connectivity index (χ0) is 14.0. The number of nitrogens with one attached hydrogen (secondary N) is 1. The Kier molecular flexibility index (Phi) is 4.22. The minimum Gasteiger partial charge on any atom is -0.389 e. The molecule has 0 atom stereocenters. The van der Waals surface area contributed by atoms with E-state index in [2.05, 4.69) is 47.2 Å². The first-order chi connectivity index (χ1) is 8.99. The van der Waals surface area contributed by atoms with Crippen LogP contribution in [0.1, 0.15) is 16.7 Å². The Bertz CT molecular complexity index is 638. The molecule has 0 amide bonds. The van der Waals surface area contributed by atoms with Crippen LogP contribution in [0, 0.1) is 13.8 Å². The molecule has 2 rings (SSSR count). The fourth-order valence-corrected chi connectivity index (χ4v) is 2.74. The highest BCUT2D eigenvalue weighted by Gasteiger charge is 2.05. The molecular weight excluding hydrogens is 320 g/mol. The highest BCUT2D eigenvalue weighted by atomic mass is 79.9. The summed E-state index contributed by atoms with van der Waals surface area (Å²) in [6, 6.07) is 12.1. The van der Waals surface area contributed by atoms with Gasteiger partial charge in [-0.15, -0.1) is 0 Å². The largest absolute Gasteiger partial charge is 0.389 e. The third kappa shape index (κ3) is 3.14. The maximum atomic E-state index is 5.64. The van der Waals surface area contributed by atoms with E-state index >= 15 is 0 Å². The van der Waals surface area contributed by atoms with E-state index < -0.39 is 0 Å². The molecule has 0 spiro atoms. The smallest absolute Gasteiger partial charge is 0.105 e. The van der Waals surface area contributed by atoms with E-state index in [1.54, 1.807) is 0 Å². The quantitative estimate of drug-likeness (QED) is 0.814. The first-order valence-corrected chi connectivity index (χ1v) is 7.12. The summed E-state index contributed by atoms with van der Waals surface area (Å²) in [5.74, 6) is 0. The lowest BCUT2D eigenvalue weighted by atomic mass is 10.1. The van der Waals surface area contributed by atoms with E-state index in [1.165, 1.54) is 11.1 Å². The number of thiocarbonyl (C=S) groups is 1. The third-order valence-corrected chi connectivity index (χ3v) is 3.99. The second-order valence-corrected chi connectivity index (χ2v) is 5.73. The standard InChI is InChI=1S/C15H15BrN2S/c1-9-4-3-5-14(10(9)2)18-11-6-7-12(15(17)19)13(16)8-11/h3-8,18H,1-2H3,(H2,17,19). The molecule has 19 heavy (non-hydrogen) atoms. The summed E-state index contributed by atoms with van der Waals surface area (Å²) in [5.41, 5.74) is 11.1. The van der Waals surface area contributed by atoms with Crippen molar-refractivity contribution in [2.75, 3.05) is 5.32 Å². The van der Waals surface area contributed by atoms with Crippen LogP contribution in [0.5, 0.6) is 0 Å². The molecule has 2 nitrogen and oxygen atoms in total. The van der Waals surface area contributed by atoms with Crippen LogP contribution in [0.3, 0.4) is 0 Å². The molecule has 0 aliphatic carbocycles. The fraction of sp³-hybridized carbons (Fsp3) is 0.133. The van der Waals surface area contributed by atoms with Crippen molar-refractivity contribution in [3.63, 3.8) is 0 Å². The van der Waals surface area contributed by atoms with Gasteiger partial charge in [0.2, 0.25) is 0 Å². The maximum absolute atomic E-state index is 5.64. The van der Waals surface area contributed by atoms with Crippen molar-refractivity contribution in [3.05, 3.63) is 57.6 Å². The molecular formula is C15H15BrN2S. The van der Waals surface area contributed by atoms with Crippen molar-refractivity contribution in [1.29, 1.82) is 0 Å². The predicted octanol–water partition coefficient (Wildman–Crippen LogP) is 4.44. The molecule has 0 saturated carbocycles. The molecule has 0 bridgehead atoms. The summed E-state index contributed by atoms with van der Waals surface area (Å²) in [6.45, 7) is 4.21. The number of halogens is 1. The molecule has 0 saturated heterocycles. The first-order valence-electron chi connectivity index (χ1n) is 5.91. The lowest BCUT2D eigenvalue weighted by Gasteiger charge is -2.12. The molecule has 2 aromatic rings. The minimum atomic E-state index is 0.394. The highest BCUT2D eigenvalue weighted by molar-refractivity contribution is 9.10. The van der Waals surface area contributed by atoms with Crippen LogP contribution in [-0.4, -0.2) is 4.99 Å². The Morgan fingerprint density at radius 2 is 1.95 bits per heavy atom. The van der Waals surface area contributed by atoms with Crippen LogP contribution in [0.4, 0.5) is 11.4 Å². The average Bonchev–Trinajstić information content (AvgIpc) is 2.34. The number of benzene rings is 2. The molecule has 0 fully saturated rings. The molecule has 0 aromatic heterocycles. The van der Waals surface area contributed by atoms with Gasteiger partial charge in [0.25, 0.3) is 0 Å². The van der Waals surface area contributed by atoms with E-state index in [4.69, 9.17) is 18.0 Å². The van der Waals surface area contributed by atoms with E-state index in [-0.39, 0.29) is 0 Å². The van der Waals surface area contributed by atoms with Crippen molar-refractivity contribution in [3.8, 4) is 0 Å². The first kappa shape index (κ1) is 14.0. The summed E-state index contributed by atoms with van der Waals surface area (Å²) in [4.78, 5) is 0.394. The van der Waals surface area contributed by atoms with Crippen molar-refractivity contribution in [2.24, 2.45) is 5.73 Å². The normalized spacial score (nSPS) is 10.3. The van der Waals surface area contributed by atoms with Gasteiger partial charge >= 0.3 is 0 Å². The zero-order valence-corrected chi connectivity index (χ0v) is 13.2. The molecule has 4 heteroatoms. The Labute approximate surface area is 127 Å². The minimum absolute atomic E-state index is 0.394. The topological polar surface area (TPSA) is 38.0 Å². The van der Waals surface area contributed by atoms with Gasteiger partial charge in [-0.2, -0.15) is 0 Å². The molecule has 0 unspecified atom stereocenters. The van der Waals surface area contributed by atoms with Gasteiger partial charge in [0, 0.05) is 21.4 Å². The lowest BCUT2D eigenvalue weighted by molar-refractivity contribution is 1.33. The number of hydrogen-bond acceptors (Lipinski definition) is 2. The van der Waals surface area contributed by atoms with Crippen molar-refractivity contribution >= 4 is 44.5 Å². The van der Waals surface area contributed by atoms with Gasteiger partial charge in [0.1, 0.15) is 4.99 Å². The van der Waals surface area contributed by atoms with E-state index in [9.17, 15) is 0 Å². The van der Waals surface area contributed by atoms with Crippen LogP contribution < -0.4 is 11.1 Å². The Morgan fingerprint density at radius 3 is 2.58 bits per heavy atom. The van der Waals surface area contributed by atoms with E-state index in [1.807, 2.05) is 24.3 Å². The average molecular weight is 335 g/mol. The summed E-state index contributed by atoms with van der Waals surface area (Å²) < 4.78 is 0.898. The van der Waals surface area contributed by atoms with Gasteiger partial charge in [-0.05, 0) is 65.2 Å². The molecule has 0 aliphatic heterocycles. The number of hydrogen-bond donors (Lipinski definition) is 2. The molecule has 2 aromatic carbocycles.